The van der Waals surface area contributed by atoms with Crippen molar-refractivity contribution in [2.45, 2.75) is 20.3 Å². The molecule has 136 valence electrons. The largest absolute Gasteiger partial charge is 0.508 e. The summed E-state index contributed by atoms with van der Waals surface area (Å²) in [6.07, 6.45) is 0.856. The van der Waals surface area contributed by atoms with Crippen molar-refractivity contribution in [3.8, 4) is 16.9 Å². The van der Waals surface area contributed by atoms with Crippen LogP contribution in [0.2, 0.25) is 0 Å². The molecule has 0 amide bonds. The fourth-order valence-corrected chi connectivity index (χ4v) is 4.38. The first-order valence-electron chi connectivity index (χ1n) is 8.97. The first-order chi connectivity index (χ1) is 13.1. The fraction of sp³-hybridized carbons (Fsp3) is 0.182. The lowest BCUT2D eigenvalue weighted by molar-refractivity contribution is 0.475. The van der Waals surface area contributed by atoms with Gasteiger partial charge in [-0.25, -0.2) is 9.97 Å². The van der Waals surface area contributed by atoms with E-state index in [4.69, 9.17) is 4.98 Å². The van der Waals surface area contributed by atoms with Crippen molar-refractivity contribution in [2.24, 2.45) is 0 Å². The van der Waals surface area contributed by atoms with Gasteiger partial charge in [0, 0.05) is 17.0 Å². The molecule has 4 rings (SSSR count). The molecular formula is C22H21N3OS. The molecule has 5 heteroatoms. The van der Waals surface area contributed by atoms with E-state index in [2.05, 4.69) is 41.5 Å². The van der Waals surface area contributed by atoms with E-state index in [0.717, 1.165) is 34.8 Å². The van der Waals surface area contributed by atoms with E-state index in [1.165, 1.54) is 21.6 Å². The number of hydrogen-bond donors (Lipinski definition) is 2. The second-order valence-electron chi connectivity index (χ2n) is 6.54. The smallest absolute Gasteiger partial charge is 0.139 e. The highest BCUT2D eigenvalue weighted by Gasteiger charge is 2.17. The van der Waals surface area contributed by atoms with Gasteiger partial charge >= 0.3 is 0 Å². The molecule has 0 radical (unpaired) electrons. The number of aromatic hydroxyl groups is 1. The first-order valence-corrected chi connectivity index (χ1v) is 9.78. The van der Waals surface area contributed by atoms with Crippen LogP contribution in [-0.2, 0) is 6.42 Å². The molecule has 4 aromatic rings. The lowest BCUT2D eigenvalue weighted by Gasteiger charge is -2.10. The molecule has 0 aliphatic rings. The minimum Gasteiger partial charge on any atom is -0.508 e. The molecule has 2 aromatic heterocycles. The molecule has 27 heavy (non-hydrogen) atoms. The second kappa shape index (κ2) is 7.37. The number of nitrogens with one attached hydrogen (secondary N) is 1. The topological polar surface area (TPSA) is 58.0 Å². The highest BCUT2D eigenvalue weighted by molar-refractivity contribution is 7.19. The summed E-state index contributed by atoms with van der Waals surface area (Å²) in [5, 5.41) is 14.0. The highest BCUT2D eigenvalue weighted by atomic mass is 32.1. The van der Waals surface area contributed by atoms with Gasteiger partial charge in [-0.05, 0) is 43.5 Å². The average molecular weight is 375 g/mol. The number of nitrogens with zero attached hydrogens (tertiary/aromatic N) is 2. The Bertz CT molecular complexity index is 1070. The third kappa shape index (κ3) is 3.64. The molecule has 0 saturated heterocycles. The lowest BCUT2D eigenvalue weighted by atomic mass is 10.0. The number of fused-ring (bicyclic) bond motifs is 1. The maximum absolute atomic E-state index is 9.42. The van der Waals surface area contributed by atoms with Gasteiger partial charge in [0.1, 0.15) is 22.2 Å². The van der Waals surface area contributed by atoms with Crippen LogP contribution in [0.5, 0.6) is 5.75 Å². The molecule has 0 saturated carbocycles. The van der Waals surface area contributed by atoms with Gasteiger partial charge in [-0.3, -0.25) is 0 Å². The Morgan fingerprint density at radius 1 is 0.963 bits per heavy atom. The molecule has 0 unspecified atom stereocenters. The molecular weight excluding hydrogens is 354 g/mol. The van der Waals surface area contributed by atoms with Crippen LogP contribution < -0.4 is 5.32 Å². The van der Waals surface area contributed by atoms with Crippen LogP contribution in [0.3, 0.4) is 0 Å². The molecule has 0 fully saturated rings. The maximum atomic E-state index is 9.42. The van der Waals surface area contributed by atoms with Gasteiger partial charge in [-0.2, -0.15) is 0 Å². The number of aryl methyl sites for hydroxylation is 2. The number of phenols is 1. The molecule has 4 nitrogen and oxygen atoms in total. The Labute approximate surface area is 162 Å². The fourth-order valence-electron chi connectivity index (χ4n) is 3.29. The summed E-state index contributed by atoms with van der Waals surface area (Å²) in [4.78, 5) is 11.6. The van der Waals surface area contributed by atoms with E-state index >= 15 is 0 Å². The van der Waals surface area contributed by atoms with Crippen molar-refractivity contribution in [3.63, 3.8) is 0 Å². The number of thiophene rings is 1. The van der Waals surface area contributed by atoms with Crippen LogP contribution in [0.25, 0.3) is 21.3 Å². The van der Waals surface area contributed by atoms with Gasteiger partial charge in [0.25, 0.3) is 0 Å². The van der Waals surface area contributed by atoms with Crippen LogP contribution in [0.1, 0.15) is 16.3 Å². The van der Waals surface area contributed by atoms with Crippen LogP contribution in [0, 0.1) is 13.8 Å². The molecule has 0 bridgehead atoms. The van der Waals surface area contributed by atoms with Crippen molar-refractivity contribution < 1.29 is 5.11 Å². The number of benzene rings is 2. The predicted molar refractivity (Wildman–Crippen MR) is 113 cm³/mol. The van der Waals surface area contributed by atoms with Gasteiger partial charge in [0.05, 0.1) is 5.39 Å². The minimum atomic E-state index is 0.293. The maximum Gasteiger partial charge on any atom is 0.139 e. The SMILES string of the molecule is Cc1nc(NCCc2ccc(O)cc2)c2c(-c3ccccc3)c(C)sc2n1. The summed E-state index contributed by atoms with van der Waals surface area (Å²) in [6, 6.07) is 17.8. The van der Waals surface area contributed by atoms with Crippen molar-refractivity contribution in [2.75, 3.05) is 11.9 Å². The zero-order valence-corrected chi connectivity index (χ0v) is 16.2. The molecule has 0 aliphatic heterocycles. The van der Waals surface area contributed by atoms with Crippen molar-refractivity contribution in [1.82, 2.24) is 9.97 Å². The Hall–Kier alpha value is -2.92. The van der Waals surface area contributed by atoms with E-state index in [9.17, 15) is 5.11 Å². The van der Waals surface area contributed by atoms with Crippen LogP contribution in [0.15, 0.2) is 54.6 Å². The molecule has 0 atom stereocenters. The van der Waals surface area contributed by atoms with E-state index in [1.54, 1.807) is 23.5 Å². The summed E-state index contributed by atoms with van der Waals surface area (Å²) in [5.74, 6) is 1.95. The number of rotatable bonds is 5. The van der Waals surface area contributed by atoms with Crippen LogP contribution in [0.4, 0.5) is 5.82 Å². The summed E-state index contributed by atoms with van der Waals surface area (Å²) in [6.45, 7) is 4.84. The zero-order valence-electron chi connectivity index (χ0n) is 15.4. The Kier molecular flexibility index (Phi) is 4.77. The van der Waals surface area contributed by atoms with Crippen molar-refractivity contribution >= 4 is 27.4 Å². The summed E-state index contributed by atoms with van der Waals surface area (Å²) >= 11 is 1.71. The quantitative estimate of drug-likeness (QED) is 0.495. The van der Waals surface area contributed by atoms with Gasteiger partial charge in [0.15, 0.2) is 0 Å². The van der Waals surface area contributed by atoms with Gasteiger partial charge in [0.2, 0.25) is 0 Å². The monoisotopic (exact) mass is 375 g/mol. The molecule has 0 aliphatic carbocycles. The zero-order chi connectivity index (χ0) is 18.8. The van der Waals surface area contributed by atoms with Crippen molar-refractivity contribution in [1.29, 1.82) is 0 Å². The van der Waals surface area contributed by atoms with Gasteiger partial charge < -0.3 is 10.4 Å². The molecule has 2 heterocycles. The first kappa shape index (κ1) is 17.5. The number of anilines is 1. The normalized spacial score (nSPS) is 11.0. The Balaban J connectivity index is 1.68. The molecule has 2 aromatic carbocycles. The Morgan fingerprint density at radius 2 is 1.70 bits per heavy atom. The summed E-state index contributed by atoms with van der Waals surface area (Å²) < 4.78 is 0. The van der Waals surface area contributed by atoms with Gasteiger partial charge in [-0.1, -0.05) is 42.5 Å². The highest BCUT2D eigenvalue weighted by Crippen LogP contribution is 2.40. The lowest BCUT2D eigenvalue weighted by Crippen LogP contribution is -2.08. The standard InChI is InChI=1S/C22H21N3OS/c1-14-19(17-6-4-3-5-7-17)20-21(24-15(2)25-22(20)27-14)23-13-12-16-8-10-18(26)11-9-16/h3-11,26H,12-13H2,1-2H3,(H,23,24,25). The van der Waals surface area contributed by atoms with E-state index in [1.807, 2.05) is 25.1 Å². The minimum absolute atomic E-state index is 0.293. The molecule has 0 spiro atoms. The summed E-state index contributed by atoms with van der Waals surface area (Å²) in [7, 11) is 0. The van der Waals surface area contributed by atoms with E-state index in [-0.39, 0.29) is 0 Å². The number of phenolic OH excluding ortho intramolecular Hbond substituents is 1. The average Bonchev–Trinajstić information content (AvgIpc) is 2.99. The number of hydrogen-bond acceptors (Lipinski definition) is 5. The Morgan fingerprint density at radius 3 is 2.44 bits per heavy atom. The van der Waals surface area contributed by atoms with Gasteiger partial charge in [-0.15, -0.1) is 11.3 Å². The number of aromatic nitrogens is 2. The van der Waals surface area contributed by atoms with E-state index in [0.29, 0.717) is 5.75 Å². The third-order valence-electron chi connectivity index (χ3n) is 4.54. The van der Waals surface area contributed by atoms with E-state index < -0.39 is 0 Å². The molecule has 2 N–H and O–H groups in total. The predicted octanol–water partition coefficient (Wildman–Crippen LogP) is 5.34. The third-order valence-corrected chi connectivity index (χ3v) is 5.54. The van der Waals surface area contributed by atoms with Crippen molar-refractivity contribution in [3.05, 3.63) is 70.9 Å². The van der Waals surface area contributed by atoms with Crippen LogP contribution >= 0.6 is 11.3 Å². The summed E-state index contributed by atoms with van der Waals surface area (Å²) in [5.41, 5.74) is 3.57. The van der Waals surface area contributed by atoms with Crippen LogP contribution in [-0.4, -0.2) is 21.6 Å². The second-order valence-corrected chi connectivity index (χ2v) is 7.75.